The Morgan fingerprint density at radius 2 is 2.09 bits per heavy atom. The number of urea groups is 1. The number of hydrogen-bond acceptors (Lipinski definition) is 6. The molecule has 1 fully saturated rings. The Balaban J connectivity index is 1.51. The standard InChI is InChI=1S/C23H22N4O6/c1-22-8-12(18(24)28)4-6-16(22)33-17(9-22)23(20(30)25-21(31)26-23)11-27-10-13-3-5-14(32-2)7-15(13)19(27)29/h3-9,16H,10-11H2,1-2H3,(H2,24,28)(H2,25,26,30,31). The van der Waals surface area contributed by atoms with E-state index in [9.17, 15) is 19.2 Å². The molecule has 3 atom stereocenters. The summed E-state index contributed by atoms with van der Waals surface area (Å²) >= 11 is 0. The van der Waals surface area contributed by atoms with Crippen LogP contribution >= 0.6 is 0 Å². The lowest BCUT2D eigenvalue weighted by Crippen LogP contribution is -2.57. The maximum absolute atomic E-state index is 13.1. The SMILES string of the molecule is COc1ccc2c(c1)C(=O)N(CC1(C3=CC4(C)C=C(C(N)=O)C=CC4O3)NC(=O)NC1=O)C2. The second-order valence-corrected chi connectivity index (χ2v) is 8.73. The molecule has 0 aromatic heterocycles. The number of nitrogens with two attached hydrogens (primary N) is 1. The minimum atomic E-state index is -1.62. The second kappa shape index (κ2) is 6.96. The minimum Gasteiger partial charge on any atom is -0.497 e. The summed E-state index contributed by atoms with van der Waals surface area (Å²) in [7, 11) is 1.52. The number of nitrogens with zero attached hydrogens (tertiary/aromatic N) is 1. The van der Waals surface area contributed by atoms with Gasteiger partial charge in [0.15, 0.2) is 5.54 Å². The van der Waals surface area contributed by atoms with Crippen LogP contribution in [0, 0.1) is 5.41 Å². The Morgan fingerprint density at radius 3 is 2.76 bits per heavy atom. The number of carbonyl (C=O) groups excluding carboxylic acids is 4. The summed E-state index contributed by atoms with van der Waals surface area (Å²) in [5.74, 6) is -0.731. The van der Waals surface area contributed by atoms with E-state index in [1.54, 1.807) is 42.5 Å². The molecule has 10 heteroatoms. The molecule has 0 spiro atoms. The van der Waals surface area contributed by atoms with Gasteiger partial charge in [0.05, 0.1) is 13.7 Å². The van der Waals surface area contributed by atoms with Gasteiger partial charge in [-0.1, -0.05) is 18.2 Å². The van der Waals surface area contributed by atoms with Crippen LogP contribution in [0.3, 0.4) is 0 Å². The molecule has 4 aliphatic rings. The predicted molar refractivity (Wildman–Crippen MR) is 115 cm³/mol. The maximum Gasteiger partial charge on any atom is 0.322 e. The van der Waals surface area contributed by atoms with E-state index in [2.05, 4.69) is 10.6 Å². The maximum atomic E-state index is 13.1. The van der Waals surface area contributed by atoms with Crippen molar-refractivity contribution in [3.63, 3.8) is 0 Å². The predicted octanol–water partition coefficient (Wildman–Crippen LogP) is 0.500. The second-order valence-electron chi connectivity index (χ2n) is 8.73. The van der Waals surface area contributed by atoms with Crippen LogP contribution < -0.4 is 21.1 Å². The molecule has 5 amide bonds. The lowest BCUT2D eigenvalue weighted by molar-refractivity contribution is -0.124. The lowest BCUT2D eigenvalue weighted by Gasteiger charge is -2.32. The number of ether oxygens (including phenoxy) is 2. The Hall–Kier alpha value is -4.08. The largest absolute Gasteiger partial charge is 0.497 e. The fourth-order valence-electron chi connectivity index (χ4n) is 4.72. The van der Waals surface area contributed by atoms with Crippen LogP contribution in [0.15, 0.2) is 53.8 Å². The molecule has 3 heterocycles. The van der Waals surface area contributed by atoms with Gasteiger partial charge in [-0.05, 0) is 36.8 Å². The van der Waals surface area contributed by atoms with Crippen LogP contribution in [0.5, 0.6) is 5.75 Å². The zero-order chi connectivity index (χ0) is 23.5. The highest BCUT2D eigenvalue weighted by Gasteiger charge is 2.57. The number of benzene rings is 1. The van der Waals surface area contributed by atoms with Crippen molar-refractivity contribution in [2.75, 3.05) is 13.7 Å². The van der Waals surface area contributed by atoms with Crippen molar-refractivity contribution in [1.82, 2.24) is 15.5 Å². The van der Waals surface area contributed by atoms with E-state index in [-0.39, 0.29) is 24.8 Å². The van der Waals surface area contributed by atoms with Gasteiger partial charge in [0, 0.05) is 23.1 Å². The molecular formula is C23H22N4O6. The van der Waals surface area contributed by atoms with Gasteiger partial charge in [-0.15, -0.1) is 0 Å². The van der Waals surface area contributed by atoms with Crippen LogP contribution in [-0.2, 0) is 20.9 Å². The highest BCUT2D eigenvalue weighted by molar-refractivity contribution is 6.10. The van der Waals surface area contributed by atoms with Crippen molar-refractivity contribution in [3.8, 4) is 5.75 Å². The van der Waals surface area contributed by atoms with Gasteiger partial charge in [0.25, 0.3) is 11.8 Å². The van der Waals surface area contributed by atoms with Crippen molar-refractivity contribution in [1.29, 1.82) is 0 Å². The molecule has 1 saturated heterocycles. The molecular weight excluding hydrogens is 428 g/mol. The molecule has 1 aromatic carbocycles. The summed E-state index contributed by atoms with van der Waals surface area (Å²) in [6.07, 6.45) is 6.13. The smallest absolute Gasteiger partial charge is 0.322 e. The summed E-state index contributed by atoms with van der Waals surface area (Å²) in [6.45, 7) is 1.97. The number of carbonyl (C=O) groups is 4. The molecule has 3 aliphatic heterocycles. The fourth-order valence-corrected chi connectivity index (χ4v) is 4.72. The topological polar surface area (TPSA) is 140 Å². The van der Waals surface area contributed by atoms with Gasteiger partial charge in [-0.2, -0.15) is 0 Å². The normalized spacial score (nSPS) is 29.6. The van der Waals surface area contributed by atoms with E-state index in [1.807, 2.05) is 6.92 Å². The van der Waals surface area contributed by atoms with Crippen LogP contribution in [0.25, 0.3) is 0 Å². The first-order chi connectivity index (χ1) is 15.6. The molecule has 0 bridgehead atoms. The van der Waals surface area contributed by atoms with Crippen molar-refractivity contribution in [2.24, 2.45) is 11.1 Å². The van der Waals surface area contributed by atoms with E-state index in [0.717, 1.165) is 5.56 Å². The molecule has 170 valence electrons. The summed E-state index contributed by atoms with van der Waals surface area (Å²) in [5, 5.41) is 4.93. The molecule has 33 heavy (non-hydrogen) atoms. The van der Waals surface area contributed by atoms with E-state index in [1.165, 1.54) is 12.0 Å². The highest BCUT2D eigenvalue weighted by Crippen LogP contribution is 2.45. The number of imide groups is 1. The first-order valence-electron chi connectivity index (χ1n) is 10.4. The summed E-state index contributed by atoms with van der Waals surface area (Å²) in [4.78, 5) is 51.5. The molecule has 1 aromatic rings. The number of fused-ring (bicyclic) bond motifs is 2. The summed E-state index contributed by atoms with van der Waals surface area (Å²) in [5.41, 5.74) is 4.64. The number of nitrogens with one attached hydrogen (secondary N) is 2. The summed E-state index contributed by atoms with van der Waals surface area (Å²) < 4.78 is 11.3. The molecule has 0 saturated carbocycles. The zero-order valence-corrected chi connectivity index (χ0v) is 18.0. The van der Waals surface area contributed by atoms with E-state index < -0.39 is 34.9 Å². The van der Waals surface area contributed by atoms with Crippen LogP contribution in [-0.4, -0.2) is 54.0 Å². The van der Waals surface area contributed by atoms with Gasteiger partial charge in [-0.3, -0.25) is 19.7 Å². The van der Waals surface area contributed by atoms with Crippen molar-refractivity contribution in [3.05, 3.63) is 65.0 Å². The van der Waals surface area contributed by atoms with E-state index >= 15 is 0 Å². The quantitative estimate of drug-likeness (QED) is 0.558. The average Bonchev–Trinajstić information content (AvgIpc) is 3.38. The number of amides is 5. The zero-order valence-electron chi connectivity index (χ0n) is 18.0. The van der Waals surface area contributed by atoms with Gasteiger partial charge in [-0.25, -0.2) is 4.79 Å². The monoisotopic (exact) mass is 450 g/mol. The third-order valence-corrected chi connectivity index (χ3v) is 6.50. The molecule has 5 rings (SSSR count). The van der Waals surface area contributed by atoms with Crippen LogP contribution in [0.1, 0.15) is 22.8 Å². The van der Waals surface area contributed by atoms with Gasteiger partial charge < -0.3 is 25.4 Å². The van der Waals surface area contributed by atoms with Crippen LogP contribution in [0.2, 0.25) is 0 Å². The molecule has 10 nitrogen and oxygen atoms in total. The fraction of sp³-hybridized carbons (Fsp3) is 0.304. The number of rotatable bonds is 5. The van der Waals surface area contributed by atoms with Gasteiger partial charge in [0.2, 0.25) is 5.91 Å². The molecule has 4 N–H and O–H groups in total. The number of methoxy groups -OCH3 is 1. The average molecular weight is 450 g/mol. The van der Waals surface area contributed by atoms with Crippen molar-refractivity contribution < 1.29 is 28.7 Å². The van der Waals surface area contributed by atoms with Gasteiger partial charge >= 0.3 is 6.03 Å². The Labute approximate surface area is 189 Å². The van der Waals surface area contributed by atoms with E-state index in [4.69, 9.17) is 15.2 Å². The van der Waals surface area contributed by atoms with E-state index in [0.29, 0.717) is 16.9 Å². The first-order valence-corrected chi connectivity index (χ1v) is 10.4. The van der Waals surface area contributed by atoms with Crippen molar-refractivity contribution >= 4 is 23.8 Å². The van der Waals surface area contributed by atoms with Crippen molar-refractivity contribution in [2.45, 2.75) is 25.1 Å². The minimum absolute atomic E-state index is 0.134. The van der Waals surface area contributed by atoms with Crippen LogP contribution in [0.4, 0.5) is 4.79 Å². The molecule has 1 aliphatic carbocycles. The number of primary amides is 1. The Bertz CT molecular complexity index is 1220. The van der Waals surface area contributed by atoms with Gasteiger partial charge in [0.1, 0.15) is 17.6 Å². The Kier molecular flexibility index (Phi) is 4.39. The molecule has 3 unspecified atom stereocenters. The first kappa shape index (κ1) is 20.8. The lowest BCUT2D eigenvalue weighted by atomic mass is 9.79. The Morgan fingerprint density at radius 1 is 1.30 bits per heavy atom. The number of hydrogen-bond donors (Lipinski definition) is 3. The summed E-state index contributed by atoms with van der Waals surface area (Å²) in [6, 6.07) is 4.53. The highest BCUT2D eigenvalue weighted by atomic mass is 16.5. The third-order valence-electron chi connectivity index (χ3n) is 6.50. The molecule has 0 radical (unpaired) electrons. The third kappa shape index (κ3) is 3.09.